The number of aryl methyl sites for hydroxylation is 2. The monoisotopic (exact) mass is 364 g/mol. The van der Waals surface area contributed by atoms with Crippen molar-refractivity contribution in [3.8, 4) is 0 Å². The van der Waals surface area contributed by atoms with Gasteiger partial charge in [0.15, 0.2) is 0 Å². The first kappa shape index (κ1) is 18.3. The van der Waals surface area contributed by atoms with Crippen LogP contribution in [0.3, 0.4) is 0 Å². The van der Waals surface area contributed by atoms with Crippen LogP contribution in [0.5, 0.6) is 0 Å². The summed E-state index contributed by atoms with van der Waals surface area (Å²) < 4.78 is 0. The molecule has 2 N–H and O–H groups in total. The Morgan fingerprint density at radius 1 is 1.08 bits per heavy atom. The topological polar surface area (TPSA) is 44.9 Å². The molecule has 0 saturated carbocycles. The largest absolute Gasteiger partial charge is 0.361 e. The second kappa shape index (κ2) is 8.28. The zero-order valence-electron chi connectivity index (χ0n) is 15.2. The van der Waals surface area contributed by atoms with Gasteiger partial charge in [-0.1, -0.05) is 61.7 Å². The van der Waals surface area contributed by atoms with Crippen LogP contribution in [0.25, 0.3) is 10.9 Å². The molecule has 26 heavy (non-hydrogen) atoms. The van der Waals surface area contributed by atoms with Crippen molar-refractivity contribution in [2.75, 3.05) is 0 Å². The average molecular weight is 365 g/mol. The van der Waals surface area contributed by atoms with Gasteiger partial charge in [-0.3, -0.25) is 4.79 Å². The van der Waals surface area contributed by atoms with Gasteiger partial charge in [-0.2, -0.15) is 0 Å². The second-order valence-corrected chi connectivity index (χ2v) is 7.66. The third-order valence-corrected chi connectivity index (χ3v) is 5.62. The van der Waals surface area contributed by atoms with Crippen LogP contribution in [-0.4, -0.2) is 16.1 Å². The molecule has 3 nitrogen and oxygen atoms in total. The third-order valence-electron chi connectivity index (χ3n) is 4.57. The predicted octanol–water partition coefficient (Wildman–Crippen LogP) is 4.97. The van der Waals surface area contributed by atoms with Gasteiger partial charge in [0.05, 0.1) is 10.3 Å². The van der Waals surface area contributed by atoms with Crippen LogP contribution in [0.15, 0.2) is 66.3 Å². The van der Waals surface area contributed by atoms with Crippen molar-refractivity contribution in [3.63, 3.8) is 0 Å². The van der Waals surface area contributed by atoms with Crippen LogP contribution >= 0.6 is 11.8 Å². The maximum absolute atomic E-state index is 11.7. The van der Waals surface area contributed by atoms with E-state index in [2.05, 4.69) is 67.1 Å². The average Bonchev–Trinajstić information content (AvgIpc) is 3.23. The number of H-pyrrole nitrogens is 1. The van der Waals surface area contributed by atoms with E-state index in [-0.39, 0.29) is 11.2 Å². The van der Waals surface area contributed by atoms with E-state index in [0.29, 0.717) is 0 Å². The Kier molecular flexibility index (Phi) is 5.84. The maximum Gasteiger partial charge on any atom is 0.238 e. The highest BCUT2D eigenvalue weighted by atomic mass is 32.2. The first-order valence-corrected chi connectivity index (χ1v) is 9.72. The number of carbonyl (C=O) groups excluding carboxylic acids is 1. The Bertz CT molecular complexity index is 929. The van der Waals surface area contributed by atoms with E-state index >= 15 is 0 Å². The molecule has 134 valence electrons. The van der Waals surface area contributed by atoms with Crippen LogP contribution in [0.1, 0.15) is 23.6 Å². The van der Waals surface area contributed by atoms with Crippen molar-refractivity contribution in [1.29, 1.82) is 0 Å². The molecule has 1 amide bonds. The SMILES string of the molecule is C=C1NC(=O)C(Cc2cccc3[nH]ccc23)S1.CCc1ccccc1C. The van der Waals surface area contributed by atoms with E-state index in [1.54, 1.807) is 0 Å². The van der Waals surface area contributed by atoms with Crippen molar-refractivity contribution >= 4 is 28.6 Å². The number of aromatic amines is 1. The standard InChI is InChI=1S/C13H12N2OS.C9H12/c1-8-15-13(16)12(17-8)7-9-3-2-4-11-10(9)5-6-14-11;1-3-9-7-5-4-6-8(9)2/h2-6,12,14H,1,7H2,(H,15,16);4-7H,3H2,1-2H3. The molecule has 4 heteroatoms. The lowest BCUT2D eigenvalue weighted by Crippen LogP contribution is -2.23. The number of hydrogen-bond donors (Lipinski definition) is 2. The van der Waals surface area contributed by atoms with Crippen LogP contribution < -0.4 is 5.32 Å². The number of thioether (sulfide) groups is 1. The molecule has 1 aliphatic heterocycles. The molecule has 3 aromatic rings. The Morgan fingerprint density at radius 2 is 1.85 bits per heavy atom. The minimum Gasteiger partial charge on any atom is -0.361 e. The molecule has 1 unspecified atom stereocenters. The number of carbonyl (C=O) groups is 1. The Balaban J connectivity index is 0.000000185. The third kappa shape index (κ3) is 4.20. The highest BCUT2D eigenvalue weighted by Crippen LogP contribution is 2.30. The van der Waals surface area contributed by atoms with Crippen molar-refractivity contribution in [2.24, 2.45) is 0 Å². The van der Waals surface area contributed by atoms with Crippen LogP contribution in [-0.2, 0) is 17.6 Å². The highest BCUT2D eigenvalue weighted by molar-refractivity contribution is 8.04. The smallest absolute Gasteiger partial charge is 0.238 e. The molecule has 0 bridgehead atoms. The van der Waals surface area contributed by atoms with Gasteiger partial charge in [0.25, 0.3) is 0 Å². The number of rotatable bonds is 3. The lowest BCUT2D eigenvalue weighted by molar-refractivity contribution is -0.119. The minimum atomic E-state index is -0.0528. The zero-order valence-corrected chi connectivity index (χ0v) is 16.0. The molecule has 2 aromatic carbocycles. The molecule has 0 spiro atoms. The Hall–Kier alpha value is -2.46. The highest BCUT2D eigenvalue weighted by Gasteiger charge is 2.28. The number of fused-ring (bicyclic) bond motifs is 1. The zero-order chi connectivity index (χ0) is 18.5. The molecule has 0 radical (unpaired) electrons. The van der Waals surface area contributed by atoms with E-state index in [9.17, 15) is 4.79 Å². The summed E-state index contributed by atoms with van der Waals surface area (Å²) in [5, 5.41) is 4.64. The number of hydrogen-bond acceptors (Lipinski definition) is 2. The molecule has 2 heterocycles. The fourth-order valence-corrected chi connectivity index (χ4v) is 4.07. The van der Waals surface area contributed by atoms with Gasteiger partial charge in [0, 0.05) is 17.1 Å². The lowest BCUT2D eigenvalue weighted by atomic mass is 10.0. The molecular weight excluding hydrogens is 340 g/mol. The summed E-state index contributed by atoms with van der Waals surface area (Å²) in [7, 11) is 0. The maximum atomic E-state index is 11.7. The summed E-state index contributed by atoms with van der Waals surface area (Å²) in [6.07, 6.45) is 3.81. The first-order valence-electron chi connectivity index (χ1n) is 8.84. The Labute approximate surface area is 158 Å². The summed E-state index contributed by atoms with van der Waals surface area (Å²) in [6.45, 7) is 8.11. The van der Waals surface area contributed by atoms with Crippen molar-refractivity contribution in [3.05, 3.63) is 83.0 Å². The molecule has 1 aliphatic rings. The molecule has 1 atom stereocenters. The number of aromatic nitrogens is 1. The second-order valence-electron chi connectivity index (χ2n) is 6.36. The van der Waals surface area contributed by atoms with Crippen LogP contribution in [0, 0.1) is 6.92 Å². The van der Waals surface area contributed by atoms with Crippen molar-refractivity contribution < 1.29 is 4.79 Å². The first-order chi connectivity index (χ1) is 12.6. The summed E-state index contributed by atoms with van der Waals surface area (Å²) >= 11 is 1.51. The fourth-order valence-electron chi connectivity index (χ4n) is 3.14. The quantitative estimate of drug-likeness (QED) is 0.689. The summed E-state index contributed by atoms with van der Waals surface area (Å²) in [4.78, 5) is 14.8. The molecule has 0 aliphatic carbocycles. The van der Waals surface area contributed by atoms with E-state index in [4.69, 9.17) is 0 Å². The van der Waals surface area contributed by atoms with Gasteiger partial charge in [0.1, 0.15) is 0 Å². The fraction of sp³-hybridized carbons (Fsp3) is 0.227. The Morgan fingerprint density at radius 3 is 2.50 bits per heavy atom. The number of amides is 1. The van der Waals surface area contributed by atoms with Crippen LogP contribution in [0.4, 0.5) is 0 Å². The van der Waals surface area contributed by atoms with Gasteiger partial charge in [-0.25, -0.2) is 0 Å². The van der Waals surface area contributed by atoms with Gasteiger partial charge < -0.3 is 10.3 Å². The van der Waals surface area contributed by atoms with E-state index in [0.717, 1.165) is 23.4 Å². The van der Waals surface area contributed by atoms with E-state index in [1.165, 1.54) is 33.8 Å². The summed E-state index contributed by atoms with van der Waals surface area (Å²) in [6, 6.07) is 16.7. The van der Waals surface area contributed by atoms with Gasteiger partial charge in [-0.15, -0.1) is 0 Å². The van der Waals surface area contributed by atoms with E-state index < -0.39 is 0 Å². The summed E-state index contributed by atoms with van der Waals surface area (Å²) in [5.74, 6) is 0.0625. The minimum absolute atomic E-state index is 0.0528. The molecule has 1 aromatic heterocycles. The molecular formula is C22H24N2OS. The number of benzene rings is 2. The molecule has 4 rings (SSSR count). The normalized spacial score (nSPS) is 16.3. The lowest BCUT2D eigenvalue weighted by Gasteiger charge is -2.07. The van der Waals surface area contributed by atoms with Gasteiger partial charge in [-0.05, 0) is 48.6 Å². The molecule has 1 fully saturated rings. The predicted molar refractivity (Wildman–Crippen MR) is 111 cm³/mol. The van der Waals surface area contributed by atoms with Crippen molar-refractivity contribution in [2.45, 2.75) is 31.9 Å². The van der Waals surface area contributed by atoms with Gasteiger partial charge >= 0.3 is 0 Å². The van der Waals surface area contributed by atoms with E-state index in [1.807, 2.05) is 18.3 Å². The van der Waals surface area contributed by atoms with Crippen molar-refractivity contribution in [1.82, 2.24) is 10.3 Å². The molecule has 1 saturated heterocycles. The number of nitrogens with one attached hydrogen (secondary N) is 2. The summed E-state index contributed by atoms with van der Waals surface area (Å²) in [5.41, 5.74) is 5.17. The van der Waals surface area contributed by atoms with Crippen LogP contribution in [0.2, 0.25) is 0 Å². The van der Waals surface area contributed by atoms with Gasteiger partial charge in [0.2, 0.25) is 5.91 Å².